The second-order valence-corrected chi connectivity index (χ2v) is 3.86. The van der Waals surface area contributed by atoms with Gasteiger partial charge in [-0.25, -0.2) is 0 Å². The minimum Gasteiger partial charge on any atom is -0.354 e. The average Bonchev–Trinajstić information content (AvgIpc) is 2.63. The van der Waals surface area contributed by atoms with Crippen molar-refractivity contribution >= 4 is 24.0 Å². The second kappa shape index (κ2) is 6.31. The van der Waals surface area contributed by atoms with Gasteiger partial charge in [0.25, 0.3) is 0 Å². The molecule has 0 aliphatic carbocycles. The predicted molar refractivity (Wildman–Crippen MR) is 65.5 cm³/mol. The summed E-state index contributed by atoms with van der Waals surface area (Å²) in [7, 11) is 0. The van der Waals surface area contributed by atoms with Crippen molar-refractivity contribution in [1.29, 1.82) is 0 Å². The SMILES string of the molecule is Cl.O=C(NCCn1cc([N+](=O)[O-])cn1)C1CNC1. The minimum absolute atomic E-state index is 0. The van der Waals surface area contributed by atoms with E-state index in [-0.39, 0.29) is 29.9 Å². The van der Waals surface area contributed by atoms with Crippen LogP contribution in [-0.4, -0.2) is 40.2 Å². The highest BCUT2D eigenvalue weighted by Gasteiger charge is 2.24. The molecule has 0 atom stereocenters. The van der Waals surface area contributed by atoms with E-state index in [9.17, 15) is 14.9 Å². The molecule has 1 fully saturated rings. The summed E-state index contributed by atoms with van der Waals surface area (Å²) in [6, 6.07) is 0. The summed E-state index contributed by atoms with van der Waals surface area (Å²) in [6.45, 7) is 2.30. The van der Waals surface area contributed by atoms with Gasteiger partial charge in [-0.1, -0.05) is 0 Å². The number of hydrogen-bond acceptors (Lipinski definition) is 5. The molecule has 0 radical (unpaired) electrons. The first-order valence-corrected chi connectivity index (χ1v) is 5.32. The van der Waals surface area contributed by atoms with Crippen LogP contribution in [0.15, 0.2) is 12.4 Å². The molecule has 0 spiro atoms. The van der Waals surface area contributed by atoms with Crippen LogP contribution in [0.2, 0.25) is 0 Å². The monoisotopic (exact) mass is 275 g/mol. The molecule has 0 saturated carbocycles. The van der Waals surface area contributed by atoms with Gasteiger partial charge in [0.05, 0.1) is 17.4 Å². The number of halogens is 1. The Kier molecular flexibility index (Phi) is 5.05. The van der Waals surface area contributed by atoms with Gasteiger partial charge in [-0.05, 0) is 0 Å². The van der Waals surface area contributed by atoms with Gasteiger partial charge in [-0.2, -0.15) is 5.10 Å². The quantitative estimate of drug-likeness (QED) is 0.560. The maximum atomic E-state index is 11.4. The third-order valence-corrected chi connectivity index (χ3v) is 2.62. The lowest BCUT2D eigenvalue weighted by molar-refractivity contribution is -0.385. The summed E-state index contributed by atoms with van der Waals surface area (Å²) in [4.78, 5) is 21.3. The Balaban J connectivity index is 0.00000162. The number of rotatable bonds is 5. The number of carbonyl (C=O) groups excluding carboxylic acids is 1. The number of nitrogens with one attached hydrogen (secondary N) is 2. The van der Waals surface area contributed by atoms with Crippen LogP contribution in [0.3, 0.4) is 0 Å². The highest BCUT2D eigenvalue weighted by atomic mass is 35.5. The van der Waals surface area contributed by atoms with E-state index in [0.717, 1.165) is 13.1 Å². The van der Waals surface area contributed by atoms with Crippen molar-refractivity contribution in [1.82, 2.24) is 20.4 Å². The predicted octanol–water partition coefficient (Wildman–Crippen LogP) is -0.451. The number of nitro groups is 1. The van der Waals surface area contributed by atoms with Crippen LogP contribution < -0.4 is 10.6 Å². The Labute approximate surface area is 109 Å². The van der Waals surface area contributed by atoms with Crippen LogP contribution in [0, 0.1) is 16.0 Å². The van der Waals surface area contributed by atoms with Crippen LogP contribution >= 0.6 is 12.4 Å². The van der Waals surface area contributed by atoms with Crippen molar-refractivity contribution in [3.05, 3.63) is 22.5 Å². The van der Waals surface area contributed by atoms with Crippen molar-refractivity contribution in [3.63, 3.8) is 0 Å². The van der Waals surface area contributed by atoms with Crippen LogP contribution in [0.25, 0.3) is 0 Å². The highest BCUT2D eigenvalue weighted by Crippen LogP contribution is 2.07. The molecule has 2 N–H and O–H groups in total. The molecule has 18 heavy (non-hydrogen) atoms. The lowest BCUT2D eigenvalue weighted by Crippen LogP contribution is -2.51. The molecule has 1 saturated heterocycles. The molecule has 9 heteroatoms. The van der Waals surface area contributed by atoms with Gasteiger partial charge in [0.2, 0.25) is 5.91 Å². The van der Waals surface area contributed by atoms with Gasteiger partial charge in [0.15, 0.2) is 0 Å². The van der Waals surface area contributed by atoms with Gasteiger partial charge >= 0.3 is 5.69 Å². The molecule has 100 valence electrons. The summed E-state index contributed by atoms with van der Waals surface area (Å²) in [5.74, 6) is 0.0763. The average molecular weight is 276 g/mol. The maximum Gasteiger partial charge on any atom is 0.306 e. The van der Waals surface area contributed by atoms with Gasteiger partial charge in [0.1, 0.15) is 12.4 Å². The van der Waals surface area contributed by atoms with Gasteiger partial charge in [-0.3, -0.25) is 19.6 Å². The molecule has 2 rings (SSSR count). The molecular weight excluding hydrogens is 262 g/mol. The molecule has 0 bridgehead atoms. The first-order chi connectivity index (χ1) is 8.16. The van der Waals surface area contributed by atoms with E-state index in [1.54, 1.807) is 0 Å². The molecule has 1 aliphatic heterocycles. The number of carbonyl (C=O) groups is 1. The fraction of sp³-hybridized carbons (Fsp3) is 0.556. The van der Waals surface area contributed by atoms with Crippen molar-refractivity contribution in [2.45, 2.75) is 6.54 Å². The van der Waals surface area contributed by atoms with E-state index in [1.165, 1.54) is 17.1 Å². The minimum atomic E-state index is -0.498. The smallest absolute Gasteiger partial charge is 0.306 e. The van der Waals surface area contributed by atoms with Crippen molar-refractivity contribution < 1.29 is 9.72 Å². The fourth-order valence-electron chi connectivity index (χ4n) is 1.48. The largest absolute Gasteiger partial charge is 0.354 e. The van der Waals surface area contributed by atoms with Gasteiger partial charge < -0.3 is 10.6 Å². The van der Waals surface area contributed by atoms with E-state index in [2.05, 4.69) is 15.7 Å². The third kappa shape index (κ3) is 3.41. The summed E-state index contributed by atoms with van der Waals surface area (Å²) >= 11 is 0. The Morgan fingerprint density at radius 2 is 2.39 bits per heavy atom. The number of aromatic nitrogens is 2. The molecule has 1 aromatic heterocycles. The van der Waals surface area contributed by atoms with Crippen LogP contribution in [0.4, 0.5) is 5.69 Å². The zero-order chi connectivity index (χ0) is 12.3. The maximum absolute atomic E-state index is 11.4. The van der Waals surface area contributed by atoms with Crippen molar-refractivity contribution in [3.8, 4) is 0 Å². The normalized spacial score (nSPS) is 14.4. The van der Waals surface area contributed by atoms with E-state index in [1.807, 2.05) is 0 Å². The summed E-state index contributed by atoms with van der Waals surface area (Å²) in [5, 5.41) is 20.0. The highest BCUT2D eigenvalue weighted by molar-refractivity contribution is 5.85. The molecule has 8 nitrogen and oxygen atoms in total. The molecular formula is C9H14ClN5O3. The summed E-state index contributed by atoms with van der Waals surface area (Å²) in [6.07, 6.45) is 2.54. The molecule has 0 aromatic carbocycles. The first-order valence-electron chi connectivity index (χ1n) is 5.32. The van der Waals surface area contributed by atoms with Crippen LogP contribution in [0.5, 0.6) is 0 Å². The Morgan fingerprint density at radius 3 is 2.89 bits per heavy atom. The molecule has 1 aliphatic rings. The second-order valence-electron chi connectivity index (χ2n) is 3.86. The third-order valence-electron chi connectivity index (χ3n) is 2.62. The summed E-state index contributed by atoms with van der Waals surface area (Å²) < 4.78 is 1.44. The standard InChI is InChI=1S/C9H13N5O3.ClH/c15-9(7-3-10-4-7)11-1-2-13-6-8(5-12-13)14(16)17;/h5-7,10H,1-4H2,(H,11,15);1H. The fourth-order valence-corrected chi connectivity index (χ4v) is 1.48. The number of hydrogen-bond donors (Lipinski definition) is 2. The van der Waals surface area contributed by atoms with E-state index >= 15 is 0 Å². The molecule has 1 amide bonds. The lowest BCUT2D eigenvalue weighted by atomic mass is 10.0. The van der Waals surface area contributed by atoms with Gasteiger partial charge in [0, 0.05) is 19.6 Å². The zero-order valence-corrected chi connectivity index (χ0v) is 10.4. The van der Waals surface area contributed by atoms with Crippen LogP contribution in [0.1, 0.15) is 0 Å². The topological polar surface area (TPSA) is 102 Å². The van der Waals surface area contributed by atoms with E-state index in [4.69, 9.17) is 0 Å². The van der Waals surface area contributed by atoms with E-state index in [0.29, 0.717) is 13.1 Å². The number of nitrogens with zero attached hydrogens (tertiary/aromatic N) is 3. The zero-order valence-electron chi connectivity index (χ0n) is 9.54. The summed E-state index contributed by atoms with van der Waals surface area (Å²) in [5.41, 5.74) is -0.0421. The Bertz CT molecular complexity index is 432. The van der Waals surface area contributed by atoms with Crippen molar-refractivity contribution in [2.75, 3.05) is 19.6 Å². The van der Waals surface area contributed by atoms with Crippen LogP contribution in [-0.2, 0) is 11.3 Å². The molecule has 0 unspecified atom stereocenters. The first kappa shape index (κ1) is 14.4. The Hall–Kier alpha value is -1.67. The molecule has 1 aromatic rings. The molecule has 2 heterocycles. The number of amides is 1. The Morgan fingerprint density at radius 1 is 1.67 bits per heavy atom. The van der Waals surface area contributed by atoms with Crippen molar-refractivity contribution in [2.24, 2.45) is 5.92 Å². The van der Waals surface area contributed by atoms with E-state index < -0.39 is 4.92 Å². The van der Waals surface area contributed by atoms with Gasteiger partial charge in [-0.15, -0.1) is 12.4 Å². The lowest BCUT2D eigenvalue weighted by Gasteiger charge is -2.25.